The van der Waals surface area contributed by atoms with Gasteiger partial charge in [-0.05, 0) is 55.7 Å². The molecule has 0 aromatic carbocycles. The van der Waals surface area contributed by atoms with E-state index in [1.54, 1.807) is 13.8 Å². The molecule has 0 unspecified atom stereocenters. The van der Waals surface area contributed by atoms with Gasteiger partial charge in [-0.25, -0.2) is 8.78 Å². The molecule has 184 valence electrons. The number of ketones is 2. The molecule has 3 saturated carbocycles. The number of rotatable bonds is 4. The molecule has 4 aliphatic carbocycles. The lowest BCUT2D eigenvalue weighted by Crippen LogP contribution is -2.70. The number of hydrogen-bond acceptors (Lipinski definition) is 7. The van der Waals surface area contributed by atoms with Gasteiger partial charge in [0.2, 0.25) is 0 Å². The largest absolute Gasteiger partial charge is 0.390 e. The van der Waals surface area contributed by atoms with Crippen molar-refractivity contribution in [2.24, 2.45) is 28.6 Å². The molecule has 7 nitrogen and oxygen atoms in total. The third-order valence-corrected chi connectivity index (χ3v) is 9.59. The minimum atomic E-state index is -3.95. The van der Waals surface area contributed by atoms with Crippen LogP contribution in [-0.2, 0) is 23.9 Å². The van der Waals surface area contributed by atoms with Crippen LogP contribution in [0, 0.1) is 28.6 Å². The molecule has 0 heterocycles. The second-order valence-electron chi connectivity index (χ2n) is 10.7. The van der Waals surface area contributed by atoms with Gasteiger partial charge in [0.1, 0.15) is 18.4 Å². The van der Waals surface area contributed by atoms with Gasteiger partial charge in [0, 0.05) is 16.7 Å². The lowest BCUT2D eigenvalue weighted by Gasteiger charge is -2.63. The summed E-state index contributed by atoms with van der Waals surface area (Å²) < 4.78 is 59.8. The molecule has 3 fully saturated rings. The van der Waals surface area contributed by atoms with Crippen molar-refractivity contribution in [2.45, 2.75) is 63.6 Å². The van der Waals surface area contributed by atoms with Crippen molar-refractivity contribution in [2.75, 3.05) is 12.9 Å². The number of Topliss-reactive ketones (excluding diaryl/α,β-unsaturated/α-hetero) is 1. The Hall–Kier alpha value is -1.49. The average molecular weight is 489 g/mol. The zero-order chi connectivity index (χ0) is 24.8. The van der Waals surface area contributed by atoms with E-state index in [4.69, 9.17) is 0 Å². The molecule has 0 aliphatic heterocycles. The van der Waals surface area contributed by atoms with Crippen LogP contribution in [-0.4, -0.2) is 66.6 Å². The Morgan fingerprint density at radius 1 is 1.27 bits per heavy atom. The average Bonchev–Trinajstić information content (AvgIpc) is 2.91. The van der Waals surface area contributed by atoms with E-state index in [0.717, 1.165) is 12.3 Å². The summed E-state index contributed by atoms with van der Waals surface area (Å²) >= 11 is 0. The van der Waals surface area contributed by atoms with E-state index in [-0.39, 0.29) is 24.8 Å². The van der Waals surface area contributed by atoms with E-state index in [0.29, 0.717) is 0 Å². The van der Waals surface area contributed by atoms with Gasteiger partial charge >= 0.3 is 0 Å². The van der Waals surface area contributed by atoms with Crippen LogP contribution in [0.4, 0.5) is 8.78 Å². The number of aliphatic hydroxyl groups excluding tert-OH is 1. The summed E-state index contributed by atoms with van der Waals surface area (Å²) in [6.07, 6.45) is 0.694. The Morgan fingerprint density at radius 2 is 1.91 bits per heavy atom. The number of hydrogen-bond donors (Lipinski definition) is 2. The zero-order valence-electron chi connectivity index (χ0n) is 19.0. The van der Waals surface area contributed by atoms with Crippen molar-refractivity contribution in [1.29, 1.82) is 0 Å². The molecular formula is C23H30F2O7S. The first kappa shape index (κ1) is 24.6. The highest BCUT2D eigenvalue weighted by Crippen LogP contribution is 2.70. The summed E-state index contributed by atoms with van der Waals surface area (Å²) in [6.45, 7) is 3.77. The quantitative estimate of drug-likeness (QED) is 0.580. The van der Waals surface area contributed by atoms with Gasteiger partial charge in [-0.2, -0.15) is 8.42 Å². The van der Waals surface area contributed by atoms with Gasteiger partial charge in [0.15, 0.2) is 17.2 Å². The molecule has 2 N–H and O–H groups in total. The predicted molar refractivity (Wildman–Crippen MR) is 114 cm³/mol. The van der Waals surface area contributed by atoms with Crippen molar-refractivity contribution in [3.8, 4) is 0 Å². The van der Waals surface area contributed by atoms with Gasteiger partial charge in [-0.3, -0.25) is 13.8 Å². The Bertz CT molecular complexity index is 1070. The monoisotopic (exact) mass is 488 g/mol. The van der Waals surface area contributed by atoms with Gasteiger partial charge in [-0.15, -0.1) is 0 Å². The second kappa shape index (κ2) is 7.26. The van der Waals surface area contributed by atoms with Crippen LogP contribution in [0.2, 0.25) is 0 Å². The van der Waals surface area contributed by atoms with Crippen molar-refractivity contribution in [3.05, 3.63) is 23.8 Å². The number of aliphatic hydroxyl groups is 2. The lowest BCUT2D eigenvalue weighted by atomic mass is 9.44. The van der Waals surface area contributed by atoms with Gasteiger partial charge in [0.25, 0.3) is 10.1 Å². The van der Waals surface area contributed by atoms with Gasteiger partial charge in [-0.1, -0.05) is 19.9 Å². The minimum Gasteiger partial charge on any atom is -0.390 e. The van der Waals surface area contributed by atoms with Crippen molar-refractivity contribution in [3.63, 3.8) is 0 Å². The molecule has 4 rings (SSSR count). The van der Waals surface area contributed by atoms with E-state index in [9.17, 15) is 28.2 Å². The first-order chi connectivity index (χ1) is 15.0. The van der Waals surface area contributed by atoms with Crippen LogP contribution in [0.1, 0.15) is 40.0 Å². The van der Waals surface area contributed by atoms with Crippen LogP contribution in [0.5, 0.6) is 0 Å². The molecule has 0 bridgehead atoms. The number of allylic oxidation sites excluding steroid dienone is 4. The molecule has 0 amide bonds. The standard InChI is InChI=1S/C23H30F2O7S/c1-12-7-14-15-9-17(24)16-8-13(26)5-6-20(16,2)22(15,25)18(27)10-21(14,3)23(12,29)19(28)11-32-33(4,30)31/h5-6,8,12,14-15,17-18,27,29H,7,9-11H2,1-4H3/t12-,14+,15+,17+,18+,20+,21+,22+,23+/m1/s1. The van der Waals surface area contributed by atoms with Crippen LogP contribution >= 0.6 is 0 Å². The van der Waals surface area contributed by atoms with Crippen LogP contribution in [0.25, 0.3) is 0 Å². The number of fused-ring (bicyclic) bond motifs is 5. The Kier molecular flexibility index (Phi) is 5.42. The normalized spacial score (nSPS) is 49.2. The van der Waals surface area contributed by atoms with Gasteiger partial charge in [0.05, 0.1) is 12.4 Å². The Morgan fingerprint density at radius 3 is 2.52 bits per heavy atom. The first-order valence-electron chi connectivity index (χ1n) is 11.1. The highest BCUT2D eigenvalue weighted by Gasteiger charge is 2.76. The number of alkyl halides is 2. The maximum atomic E-state index is 17.0. The summed E-state index contributed by atoms with van der Waals surface area (Å²) in [7, 11) is -3.95. The van der Waals surface area contributed by atoms with Gasteiger partial charge < -0.3 is 10.2 Å². The van der Waals surface area contributed by atoms with E-state index >= 15 is 8.78 Å². The number of carbonyl (C=O) groups excluding carboxylic acids is 2. The SMILES string of the molecule is C[C@@H]1C[C@H]2[C@@H]3C[C@H](F)C4=CC(=O)C=C[C@]4(C)[C@@]3(F)[C@@H](O)C[C@]2(C)[C@@]1(O)C(=O)COS(C)(=O)=O. The third kappa shape index (κ3) is 3.10. The maximum Gasteiger partial charge on any atom is 0.264 e. The Labute approximate surface area is 192 Å². The molecule has 33 heavy (non-hydrogen) atoms. The van der Waals surface area contributed by atoms with E-state index in [2.05, 4.69) is 4.18 Å². The van der Waals surface area contributed by atoms with Crippen molar-refractivity contribution < 1.29 is 41.2 Å². The van der Waals surface area contributed by atoms with Crippen LogP contribution in [0.3, 0.4) is 0 Å². The molecule has 0 aromatic heterocycles. The summed E-state index contributed by atoms with van der Waals surface area (Å²) in [4.78, 5) is 25.0. The first-order valence-corrected chi connectivity index (χ1v) is 12.9. The van der Waals surface area contributed by atoms with Crippen molar-refractivity contribution in [1.82, 2.24) is 0 Å². The minimum absolute atomic E-state index is 0.00432. The Balaban J connectivity index is 1.78. The molecule has 0 spiro atoms. The molecule has 0 saturated heterocycles. The van der Waals surface area contributed by atoms with Crippen LogP contribution in [0.15, 0.2) is 23.8 Å². The third-order valence-electron chi connectivity index (χ3n) is 9.04. The van der Waals surface area contributed by atoms with E-state index < -0.39 is 80.4 Å². The molecule has 10 heteroatoms. The summed E-state index contributed by atoms with van der Waals surface area (Å²) in [6, 6.07) is 0. The lowest BCUT2D eigenvalue weighted by molar-refractivity contribution is -0.223. The highest BCUT2D eigenvalue weighted by molar-refractivity contribution is 7.86. The fourth-order valence-electron chi connectivity index (χ4n) is 7.40. The zero-order valence-corrected chi connectivity index (χ0v) is 19.9. The summed E-state index contributed by atoms with van der Waals surface area (Å²) in [5.74, 6) is -3.73. The second-order valence-corrected chi connectivity index (χ2v) is 12.3. The van der Waals surface area contributed by atoms with Crippen LogP contribution < -0.4 is 0 Å². The smallest absolute Gasteiger partial charge is 0.264 e. The molecule has 9 atom stereocenters. The molecule has 0 aromatic rings. The fraction of sp³-hybridized carbons (Fsp3) is 0.739. The fourth-order valence-corrected chi connectivity index (χ4v) is 7.73. The maximum absolute atomic E-state index is 17.0. The van der Waals surface area contributed by atoms with E-state index in [1.807, 2.05) is 0 Å². The topological polar surface area (TPSA) is 118 Å². The van der Waals surface area contributed by atoms with E-state index in [1.165, 1.54) is 19.1 Å². The summed E-state index contributed by atoms with van der Waals surface area (Å²) in [5.41, 5.74) is -7.31. The predicted octanol–water partition coefficient (Wildman–Crippen LogP) is 1.83. The van der Waals surface area contributed by atoms with Crippen molar-refractivity contribution >= 4 is 21.7 Å². The molecule has 0 radical (unpaired) electrons. The number of carbonyl (C=O) groups is 2. The number of halogens is 2. The summed E-state index contributed by atoms with van der Waals surface area (Å²) in [5, 5.41) is 22.8. The highest BCUT2D eigenvalue weighted by atomic mass is 32.2. The molecular weight excluding hydrogens is 458 g/mol. The molecule has 4 aliphatic rings.